The number of nitrogens with one attached hydrogen (secondary N) is 1. The van der Waals surface area contributed by atoms with Crippen molar-refractivity contribution < 1.29 is 0 Å². The Morgan fingerprint density at radius 1 is 1.67 bits per heavy atom. The lowest BCUT2D eigenvalue weighted by Gasteiger charge is -2.16. The highest BCUT2D eigenvalue weighted by Crippen LogP contribution is 2.21. The van der Waals surface area contributed by atoms with E-state index in [1.54, 1.807) is 11.3 Å². The third kappa shape index (κ3) is 4.14. The third-order valence-electron chi connectivity index (χ3n) is 2.19. The molecule has 0 spiro atoms. The first-order valence-electron chi connectivity index (χ1n) is 5.43. The number of aromatic nitrogens is 1. The monoisotopic (exact) mass is 224 g/mol. The Labute approximate surface area is 96.4 Å². The third-order valence-corrected chi connectivity index (χ3v) is 2.98. The molecule has 1 aromatic heterocycles. The van der Waals surface area contributed by atoms with E-state index in [2.05, 4.69) is 36.1 Å². The van der Waals surface area contributed by atoms with Crippen LogP contribution in [0.1, 0.15) is 43.4 Å². The van der Waals surface area contributed by atoms with E-state index in [4.69, 9.17) is 0 Å². The molecule has 1 rings (SSSR count). The van der Waals surface area contributed by atoms with E-state index in [1.807, 2.05) is 6.92 Å². The number of thiazole rings is 1. The summed E-state index contributed by atoms with van der Waals surface area (Å²) in [6.07, 6.45) is 2.12. The van der Waals surface area contributed by atoms with Gasteiger partial charge in [-0.3, -0.25) is 0 Å². The number of aryl methyl sites for hydroxylation is 1. The quantitative estimate of drug-likeness (QED) is 0.749. The summed E-state index contributed by atoms with van der Waals surface area (Å²) in [7, 11) is 0. The number of nitrogens with zero attached hydrogens (tertiary/aromatic N) is 1. The second-order valence-corrected chi connectivity index (χ2v) is 5.02. The molecule has 0 aromatic carbocycles. The lowest BCUT2D eigenvalue weighted by molar-refractivity contribution is 0.518. The maximum Gasteiger partial charge on any atom is 0.0898 e. The van der Waals surface area contributed by atoms with E-state index >= 15 is 0 Å². The minimum atomic E-state index is 0.340. The van der Waals surface area contributed by atoms with Gasteiger partial charge in [0.2, 0.25) is 0 Å². The van der Waals surface area contributed by atoms with Crippen LogP contribution in [0.15, 0.2) is 17.5 Å². The molecular weight excluding hydrogens is 204 g/mol. The Hall–Kier alpha value is -0.670. The highest BCUT2D eigenvalue weighted by atomic mass is 32.1. The molecule has 0 fully saturated rings. The van der Waals surface area contributed by atoms with E-state index in [1.165, 1.54) is 5.57 Å². The summed E-state index contributed by atoms with van der Waals surface area (Å²) in [5.41, 5.74) is 2.36. The average molecular weight is 224 g/mol. The maximum atomic E-state index is 4.53. The minimum absolute atomic E-state index is 0.340. The van der Waals surface area contributed by atoms with Crippen molar-refractivity contribution in [1.29, 1.82) is 0 Å². The fourth-order valence-corrected chi connectivity index (χ4v) is 2.15. The first-order chi connectivity index (χ1) is 7.13. The number of rotatable bonds is 6. The van der Waals surface area contributed by atoms with Crippen LogP contribution < -0.4 is 5.32 Å². The van der Waals surface area contributed by atoms with E-state index in [9.17, 15) is 0 Å². The van der Waals surface area contributed by atoms with Gasteiger partial charge in [0.25, 0.3) is 0 Å². The second kappa shape index (κ2) is 6.03. The smallest absolute Gasteiger partial charge is 0.0898 e. The van der Waals surface area contributed by atoms with E-state index in [-0.39, 0.29) is 0 Å². The molecule has 1 unspecified atom stereocenters. The molecule has 1 atom stereocenters. The molecule has 0 aliphatic heterocycles. The van der Waals surface area contributed by atoms with Gasteiger partial charge in [-0.15, -0.1) is 17.9 Å². The van der Waals surface area contributed by atoms with Crippen LogP contribution in [-0.4, -0.2) is 11.5 Å². The van der Waals surface area contributed by atoms with Gasteiger partial charge in [0.05, 0.1) is 16.7 Å². The van der Waals surface area contributed by atoms with Gasteiger partial charge in [0.15, 0.2) is 0 Å². The normalized spacial score (nSPS) is 12.7. The molecule has 84 valence electrons. The van der Waals surface area contributed by atoms with Crippen LogP contribution in [0.25, 0.3) is 0 Å². The minimum Gasteiger partial charge on any atom is -0.308 e. The molecule has 1 heterocycles. The molecule has 0 aliphatic rings. The van der Waals surface area contributed by atoms with Gasteiger partial charge < -0.3 is 5.32 Å². The van der Waals surface area contributed by atoms with Crippen molar-refractivity contribution in [2.75, 3.05) is 6.54 Å². The zero-order valence-electron chi connectivity index (χ0n) is 9.84. The lowest BCUT2D eigenvalue weighted by Crippen LogP contribution is -2.22. The summed E-state index contributed by atoms with van der Waals surface area (Å²) < 4.78 is 0. The van der Waals surface area contributed by atoms with Crippen molar-refractivity contribution in [3.8, 4) is 0 Å². The highest BCUT2D eigenvalue weighted by Gasteiger charge is 2.13. The molecule has 2 nitrogen and oxygen atoms in total. The number of hydrogen-bond donors (Lipinski definition) is 1. The van der Waals surface area contributed by atoms with Gasteiger partial charge in [-0.05, 0) is 33.2 Å². The van der Waals surface area contributed by atoms with Crippen LogP contribution in [0.3, 0.4) is 0 Å². The summed E-state index contributed by atoms with van der Waals surface area (Å²) in [4.78, 5) is 4.53. The Morgan fingerprint density at radius 2 is 2.40 bits per heavy atom. The molecule has 0 aliphatic carbocycles. The standard InChI is InChI=1S/C12H20N2S/c1-5-6-13-11(7-9(2)3)12-8-15-10(4)14-12/h8,11,13H,2,5-7H2,1,3-4H3. The molecule has 1 N–H and O–H groups in total. The molecule has 15 heavy (non-hydrogen) atoms. The molecule has 3 heteroatoms. The Kier molecular flexibility index (Phi) is 4.99. The molecule has 0 radical (unpaired) electrons. The molecule has 0 amide bonds. The first-order valence-corrected chi connectivity index (χ1v) is 6.31. The molecule has 0 saturated carbocycles. The SMILES string of the molecule is C=C(C)CC(NCCC)c1csc(C)n1. The van der Waals surface area contributed by atoms with Crippen LogP contribution >= 0.6 is 11.3 Å². The summed E-state index contributed by atoms with van der Waals surface area (Å²) in [6, 6.07) is 0.340. The summed E-state index contributed by atoms with van der Waals surface area (Å²) in [5.74, 6) is 0. The highest BCUT2D eigenvalue weighted by molar-refractivity contribution is 7.09. The largest absolute Gasteiger partial charge is 0.308 e. The lowest BCUT2D eigenvalue weighted by atomic mass is 10.1. The molecule has 1 aromatic rings. The van der Waals surface area contributed by atoms with Crippen molar-refractivity contribution in [2.24, 2.45) is 0 Å². The van der Waals surface area contributed by atoms with Gasteiger partial charge >= 0.3 is 0 Å². The van der Waals surface area contributed by atoms with Gasteiger partial charge in [-0.1, -0.05) is 12.5 Å². The Morgan fingerprint density at radius 3 is 2.87 bits per heavy atom. The fourth-order valence-electron chi connectivity index (χ4n) is 1.49. The van der Waals surface area contributed by atoms with Crippen LogP contribution in [-0.2, 0) is 0 Å². The summed E-state index contributed by atoms with van der Waals surface area (Å²) in [6.45, 7) is 11.3. The van der Waals surface area contributed by atoms with Gasteiger partial charge in [-0.25, -0.2) is 4.98 Å². The van der Waals surface area contributed by atoms with Gasteiger partial charge in [-0.2, -0.15) is 0 Å². The Balaban J connectivity index is 2.66. The van der Waals surface area contributed by atoms with Crippen LogP contribution in [0, 0.1) is 6.92 Å². The van der Waals surface area contributed by atoms with E-state index in [0.29, 0.717) is 6.04 Å². The topological polar surface area (TPSA) is 24.9 Å². The van der Waals surface area contributed by atoms with Crippen molar-refractivity contribution in [3.05, 3.63) is 28.2 Å². The Bertz CT molecular complexity index is 317. The predicted molar refractivity (Wildman–Crippen MR) is 67.3 cm³/mol. The van der Waals surface area contributed by atoms with Crippen molar-refractivity contribution in [3.63, 3.8) is 0 Å². The molecule has 0 bridgehead atoms. The van der Waals surface area contributed by atoms with Crippen LogP contribution in [0.5, 0.6) is 0 Å². The first kappa shape index (κ1) is 12.4. The van der Waals surface area contributed by atoms with Gasteiger partial charge in [0, 0.05) is 5.38 Å². The van der Waals surface area contributed by atoms with E-state index in [0.717, 1.165) is 30.1 Å². The van der Waals surface area contributed by atoms with E-state index < -0.39 is 0 Å². The average Bonchev–Trinajstić information content (AvgIpc) is 2.58. The summed E-state index contributed by atoms with van der Waals surface area (Å²) >= 11 is 1.71. The van der Waals surface area contributed by atoms with Gasteiger partial charge in [0.1, 0.15) is 0 Å². The zero-order chi connectivity index (χ0) is 11.3. The van der Waals surface area contributed by atoms with Crippen LogP contribution in [0.4, 0.5) is 0 Å². The van der Waals surface area contributed by atoms with Crippen molar-refractivity contribution >= 4 is 11.3 Å². The molecular formula is C12H20N2S. The molecule has 0 saturated heterocycles. The van der Waals surface area contributed by atoms with Crippen molar-refractivity contribution in [1.82, 2.24) is 10.3 Å². The fraction of sp³-hybridized carbons (Fsp3) is 0.583. The number of hydrogen-bond acceptors (Lipinski definition) is 3. The van der Waals surface area contributed by atoms with Crippen LogP contribution in [0.2, 0.25) is 0 Å². The second-order valence-electron chi connectivity index (χ2n) is 3.96. The zero-order valence-corrected chi connectivity index (χ0v) is 10.7. The van der Waals surface area contributed by atoms with Crippen molar-refractivity contribution in [2.45, 2.75) is 39.7 Å². The predicted octanol–water partition coefficient (Wildman–Crippen LogP) is 3.46. The maximum absolute atomic E-state index is 4.53. The summed E-state index contributed by atoms with van der Waals surface area (Å²) in [5, 5.41) is 6.79.